The first-order valence-electron chi connectivity index (χ1n) is 11.4. The van der Waals surface area contributed by atoms with Gasteiger partial charge < -0.3 is 19.6 Å². The molecule has 9 nitrogen and oxygen atoms in total. The van der Waals surface area contributed by atoms with Gasteiger partial charge in [-0.3, -0.25) is 0 Å². The second-order valence-corrected chi connectivity index (χ2v) is 9.30. The van der Waals surface area contributed by atoms with Crippen molar-refractivity contribution in [2.24, 2.45) is 5.41 Å². The zero-order valence-corrected chi connectivity index (χ0v) is 18.5. The number of piperidine rings is 2. The van der Waals surface area contributed by atoms with Gasteiger partial charge in [-0.25, -0.2) is 9.48 Å². The number of β-amino-alcohol motifs (C(OH)–C–C–N with tert-alkyl or cyclic N) is 1. The maximum Gasteiger partial charge on any atom is 0.335 e. The standard InChI is InChI=1S/C23H30N6O3/c1-17-20(15-32-22(17)31)28-11-7-23(8-12-28)5-9-27(10-6-23)14-21(30)18-3-2-4-19(13-18)29-16-24-25-26-29/h2-4,13,16,21,30H,5-12,14-15H2,1H3. The first-order valence-corrected chi connectivity index (χ1v) is 11.4. The van der Waals surface area contributed by atoms with E-state index >= 15 is 0 Å². The highest BCUT2D eigenvalue weighted by Gasteiger charge is 2.39. The van der Waals surface area contributed by atoms with Gasteiger partial charge >= 0.3 is 5.97 Å². The molecule has 0 radical (unpaired) electrons. The molecular weight excluding hydrogens is 408 g/mol. The number of aromatic nitrogens is 4. The first-order chi connectivity index (χ1) is 15.5. The predicted molar refractivity (Wildman–Crippen MR) is 117 cm³/mol. The fraction of sp³-hybridized carbons (Fsp3) is 0.565. The van der Waals surface area contributed by atoms with E-state index in [0.29, 0.717) is 18.6 Å². The molecular formula is C23H30N6O3. The number of cyclic esters (lactones) is 1. The number of rotatable bonds is 5. The minimum Gasteiger partial charge on any atom is -0.456 e. The molecule has 2 saturated heterocycles. The van der Waals surface area contributed by atoms with Crippen molar-refractivity contribution in [2.75, 3.05) is 39.3 Å². The summed E-state index contributed by atoms with van der Waals surface area (Å²) in [5.41, 5.74) is 3.96. The number of hydrogen-bond acceptors (Lipinski definition) is 8. The van der Waals surface area contributed by atoms with Gasteiger partial charge in [-0.2, -0.15) is 0 Å². The summed E-state index contributed by atoms with van der Waals surface area (Å²) >= 11 is 0. The third-order valence-corrected chi connectivity index (χ3v) is 7.50. The van der Waals surface area contributed by atoms with Crippen LogP contribution in [0.5, 0.6) is 0 Å². The van der Waals surface area contributed by atoms with E-state index in [0.717, 1.165) is 74.4 Å². The van der Waals surface area contributed by atoms with Gasteiger partial charge in [0.2, 0.25) is 0 Å². The molecule has 0 bridgehead atoms. The Labute approximate surface area is 187 Å². The zero-order valence-electron chi connectivity index (χ0n) is 18.5. The Morgan fingerprint density at radius 1 is 1.16 bits per heavy atom. The second kappa shape index (κ2) is 8.63. The Balaban J connectivity index is 1.14. The van der Waals surface area contributed by atoms with Crippen LogP contribution < -0.4 is 0 Å². The van der Waals surface area contributed by atoms with Crippen molar-refractivity contribution >= 4 is 5.97 Å². The summed E-state index contributed by atoms with van der Waals surface area (Å²) in [6, 6.07) is 7.74. The van der Waals surface area contributed by atoms with Crippen molar-refractivity contribution in [1.29, 1.82) is 0 Å². The molecule has 1 spiro atoms. The van der Waals surface area contributed by atoms with Crippen molar-refractivity contribution in [1.82, 2.24) is 30.0 Å². The van der Waals surface area contributed by atoms with E-state index in [9.17, 15) is 9.90 Å². The highest BCUT2D eigenvalue weighted by molar-refractivity contribution is 5.90. The molecule has 9 heteroatoms. The maximum absolute atomic E-state index is 11.7. The Morgan fingerprint density at radius 2 is 1.91 bits per heavy atom. The van der Waals surface area contributed by atoms with Gasteiger partial charge in [0.1, 0.15) is 12.9 Å². The number of carbonyl (C=O) groups excluding carboxylic acids is 1. The Hall–Kier alpha value is -2.78. The topological polar surface area (TPSA) is 96.6 Å². The van der Waals surface area contributed by atoms with Crippen LogP contribution in [0.15, 0.2) is 41.9 Å². The van der Waals surface area contributed by atoms with Crippen LogP contribution in [-0.2, 0) is 9.53 Å². The quantitative estimate of drug-likeness (QED) is 0.705. The fourth-order valence-electron chi connectivity index (χ4n) is 5.26. The number of esters is 1. The summed E-state index contributed by atoms with van der Waals surface area (Å²) in [6.45, 7) is 6.94. The first kappa shape index (κ1) is 21.1. The van der Waals surface area contributed by atoms with Crippen LogP contribution >= 0.6 is 0 Å². The summed E-state index contributed by atoms with van der Waals surface area (Å²) in [4.78, 5) is 16.4. The minimum atomic E-state index is -0.544. The number of aliphatic hydroxyl groups is 1. The molecule has 2 fully saturated rings. The minimum absolute atomic E-state index is 0.171. The molecule has 1 aromatic carbocycles. The van der Waals surface area contributed by atoms with Crippen LogP contribution in [0.1, 0.15) is 44.3 Å². The number of aliphatic hydroxyl groups excluding tert-OH is 1. The highest BCUT2D eigenvalue weighted by atomic mass is 16.5. The fourth-order valence-corrected chi connectivity index (χ4v) is 5.26. The zero-order chi connectivity index (χ0) is 22.1. The summed E-state index contributed by atoms with van der Waals surface area (Å²) < 4.78 is 6.78. The normalized spacial score (nSPS) is 22.4. The third kappa shape index (κ3) is 4.14. The van der Waals surface area contributed by atoms with E-state index in [1.807, 2.05) is 31.2 Å². The molecule has 3 aliphatic heterocycles. The number of likely N-dealkylation sites (tertiary alicyclic amines) is 2. The molecule has 32 heavy (non-hydrogen) atoms. The Kier molecular flexibility index (Phi) is 5.69. The molecule has 4 heterocycles. The average Bonchev–Trinajstić information content (AvgIpc) is 3.47. The number of ether oxygens (including phenoxy) is 1. The van der Waals surface area contributed by atoms with E-state index in [1.165, 1.54) is 0 Å². The van der Waals surface area contributed by atoms with Gasteiger partial charge in [0.15, 0.2) is 0 Å². The lowest BCUT2D eigenvalue weighted by Crippen LogP contribution is -2.47. The summed E-state index contributed by atoms with van der Waals surface area (Å²) in [5, 5.41) is 22.1. The number of hydrogen-bond donors (Lipinski definition) is 1. The van der Waals surface area contributed by atoms with E-state index < -0.39 is 6.10 Å². The average molecular weight is 439 g/mol. The number of carbonyl (C=O) groups is 1. The Morgan fingerprint density at radius 3 is 2.56 bits per heavy atom. The van der Waals surface area contributed by atoms with Gasteiger partial charge in [0.05, 0.1) is 23.1 Å². The highest BCUT2D eigenvalue weighted by Crippen LogP contribution is 2.42. The largest absolute Gasteiger partial charge is 0.456 e. The van der Waals surface area contributed by atoms with E-state index in [-0.39, 0.29) is 5.97 Å². The van der Waals surface area contributed by atoms with Gasteiger partial charge in [0.25, 0.3) is 0 Å². The van der Waals surface area contributed by atoms with Crippen LogP contribution in [0.4, 0.5) is 0 Å². The van der Waals surface area contributed by atoms with Crippen molar-refractivity contribution < 1.29 is 14.6 Å². The van der Waals surface area contributed by atoms with Crippen molar-refractivity contribution in [2.45, 2.75) is 38.7 Å². The summed E-state index contributed by atoms with van der Waals surface area (Å²) in [6.07, 6.45) is 5.63. The lowest BCUT2D eigenvalue weighted by molar-refractivity contribution is -0.136. The Bertz CT molecular complexity index is 987. The molecule has 5 rings (SSSR count). The monoisotopic (exact) mass is 438 g/mol. The molecule has 2 aromatic rings. The molecule has 3 aliphatic rings. The third-order valence-electron chi connectivity index (χ3n) is 7.50. The SMILES string of the molecule is CC1=C(N2CCC3(CCN(CC(O)c4cccc(-n5cnnn5)c4)CC3)CC2)COC1=O. The van der Waals surface area contributed by atoms with Gasteiger partial charge in [0, 0.05) is 19.6 Å². The molecule has 1 unspecified atom stereocenters. The molecule has 1 atom stereocenters. The van der Waals surface area contributed by atoms with E-state index in [4.69, 9.17) is 4.74 Å². The van der Waals surface area contributed by atoms with Gasteiger partial charge in [-0.05, 0) is 79.2 Å². The van der Waals surface area contributed by atoms with Crippen molar-refractivity contribution in [3.05, 3.63) is 47.4 Å². The molecule has 0 saturated carbocycles. The van der Waals surface area contributed by atoms with E-state index in [1.54, 1.807) is 11.0 Å². The van der Waals surface area contributed by atoms with Gasteiger partial charge in [-0.1, -0.05) is 12.1 Å². The summed E-state index contributed by atoms with van der Waals surface area (Å²) in [7, 11) is 0. The van der Waals surface area contributed by atoms with Crippen LogP contribution in [0.3, 0.4) is 0 Å². The van der Waals surface area contributed by atoms with Crippen LogP contribution in [-0.4, -0.2) is 80.4 Å². The molecule has 1 N–H and O–H groups in total. The summed E-state index contributed by atoms with van der Waals surface area (Å²) in [5.74, 6) is -0.171. The van der Waals surface area contributed by atoms with Crippen molar-refractivity contribution in [3.8, 4) is 5.69 Å². The van der Waals surface area contributed by atoms with Crippen LogP contribution in [0, 0.1) is 5.41 Å². The predicted octanol–water partition coefficient (Wildman–Crippen LogP) is 1.70. The molecule has 0 aliphatic carbocycles. The number of nitrogens with zero attached hydrogens (tertiary/aromatic N) is 6. The number of benzene rings is 1. The lowest BCUT2D eigenvalue weighted by atomic mass is 9.71. The van der Waals surface area contributed by atoms with Gasteiger partial charge in [-0.15, -0.1) is 5.10 Å². The number of tetrazole rings is 1. The second-order valence-electron chi connectivity index (χ2n) is 9.30. The molecule has 0 amide bonds. The maximum atomic E-state index is 11.7. The molecule has 1 aromatic heterocycles. The smallest absolute Gasteiger partial charge is 0.335 e. The van der Waals surface area contributed by atoms with Crippen molar-refractivity contribution in [3.63, 3.8) is 0 Å². The molecule has 170 valence electrons. The lowest BCUT2D eigenvalue weighted by Gasteiger charge is -2.47. The van der Waals surface area contributed by atoms with E-state index in [2.05, 4.69) is 25.3 Å². The van der Waals surface area contributed by atoms with Crippen LogP contribution in [0.2, 0.25) is 0 Å². The van der Waals surface area contributed by atoms with Crippen LogP contribution in [0.25, 0.3) is 5.69 Å².